The van der Waals surface area contributed by atoms with Gasteiger partial charge in [0.05, 0.1) is 16.9 Å². The Bertz CT molecular complexity index is 1330. The van der Waals surface area contributed by atoms with Gasteiger partial charge in [-0.3, -0.25) is 4.79 Å². The second kappa shape index (κ2) is 9.99. The molecule has 3 N–H and O–H groups in total. The molecule has 1 fully saturated rings. The van der Waals surface area contributed by atoms with Crippen LogP contribution in [-0.2, 0) is 11.0 Å². The van der Waals surface area contributed by atoms with Crippen molar-refractivity contribution in [2.24, 2.45) is 5.41 Å². The van der Waals surface area contributed by atoms with Crippen molar-refractivity contribution in [2.45, 2.75) is 25.4 Å². The van der Waals surface area contributed by atoms with Crippen LogP contribution < -0.4 is 15.4 Å². The molecule has 1 aliphatic rings. The number of amides is 2. The molecule has 1 aliphatic carbocycles. The number of anilines is 2. The van der Waals surface area contributed by atoms with Gasteiger partial charge in [0.2, 0.25) is 0 Å². The zero-order chi connectivity index (χ0) is 26.8. The Hall–Kier alpha value is -4.29. The fourth-order valence-corrected chi connectivity index (χ4v) is 3.64. The lowest BCUT2D eigenvalue weighted by Gasteiger charge is -2.36. The van der Waals surface area contributed by atoms with Crippen LogP contribution in [0.25, 0.3) is 11.1 Å². The molecule has 0 bridgehead atoms. The van der Waals surface area contributed by atoms with E-state index in [0.717, 1.165) is 12.5 Å². The average molecular weight is 522 g/mol. The number of alkyl halides is 3. The quantitative estimate of drug-likeness (QED) is 0.342. The molecule has 0 radical (unpaired) electrons. The number of aliphatic carboxylic acids is 1. The third-order valence-corrected chi connectivity index (χ3v) is 5.96. The summed E-state index contributed by atoms with van der Waals surface area (Å²) in [5.74, 6) is -2.92. The number of rotatable bonds is 7. The average Bonchev–Trinajstić information content (AvgIpc) is 2.80. The zero-order valence-corrected chi connectivity index (χ0v) is 18.9. The molecule has 2 amide bonds. The van der Waals surface area contributed by atoms with Crippen LogP contribution in [0.1, 0.15) is 24.8 Å². The monoisotopic (exact) mass is 522 g/mol. The number of carboxylic acids is 1. The van der Waals surface area contributed by atoms with Crippen molar-refractivity contribution in [1.29, 1.82) is 0 Å². The van der Waals surface area contributed by atoms with E-state index in [0.29, 0.717) is 42.2 Å². The Morgan fingerprint density at radius 1 is 0.946 bits per heavy atom. The maximum absolute atomic E-state index is 14.6. The van der Waals surface area contributed by atoms with Crippen LogP contribution in [0, 0.1) is 17.0 Å². The summed E-state index contributed by atoms with van der Waals surface area (Å²) in [5.41, 5.74) is -2.41. The highest BCUT2D eigenvalue weighted by atomic mass is 19.4. The molecular weight excluding hydrogens is 503 g/mol. The first-order valence-corrected chi connectivity index (χ1v) is 10.9. The van der Waals surface area contributed by atoms with Gasteiger partial charge in [-0.25, -0.2) is 23.5 Å². The van der Waals surface area contributed by atoms with Gasteiger partial charge in [-0.1, -0.05) is 12.5 Å². The first-order chi connectivity index (χ1) is 17.5. The molecule has 0 spiro atoms. The number of aromatic nitrogens is 2. The Morgan fingerprint density at radius 3 is 2.19 bits per heavy atom. The van der Waals surface area contributed by atoms with E-state index < -0.39 is 46.5 Å². The molecular formula is C24H19F5N4O4. The van der Waals surface area contributed by atoms with Crippen LogP contribution in [0.15, 0.2) is 48.8 Å². The topological polar surface area (TPSA) is 113 Å². The summed E-state index contributed by atoms with van der Waals surface area (Å²) in [7, 11) is 0. The zero-order valence-electron chi connectivity index (χ0n) is 18.9. The molecule has 1 saturated carbocycles. The number of benzene rings is 2. The number of ether oxygens (including phenoxy) is 1. The van der Waals surface area contributed by atoms with Crippen LogP contribution in [0.5, 0.6) is 6.01 Å². The summed E-state index contributed by atoms with van der Waals surface area (Å²) >= 11 is 0. The van der Waals surface area contributed by atoms with E-state index in [1.54, 1.807) is 0 Å². The Balaban J connectivity index is 1.39. The van der Waals surface area contributed by atoms with E-state index in [9.17, 15) is 36.6 Å². The predicted octanol–water partition coefficient (Wildman–Crippen LogP) is 5.72. The molecule has 0 atom stereocenters. The fraction of sp³-hybridized carbons (Fsp3) is 0.250. The van der Waals surface area contributed by atoms with Gasteiger partial charge in [0, 0.05) is 18.0 Å². The summed E-state index contributed by atoms with van der Waals surface area (Å²) < 4.78 is 72.3. The molecule has 0 saturated heterocycles. The van der Waals surface area contributed by atoms with Crippen LogP contribution in [0.3, 0.4) is 0 Å². The minimum atomic E-state index is -4.74. The number of halogens is 5. The van der Waals surface area contributed by atoms with Gasteiger partial charge in [-0.05, 0) is 48.7 Å². The number of hydrogen-bond acceptors (Lipinski definition) is 5. The van der Waals surface area contributed by atoms with Crippen molar-refractivity contribution in [1.82, 2.24) is 9.97 Å². The lowest BCUT2D eigenvalue weighted by atomic mass is 9.69. The molecule has 194 valence electrons. The van der Waals surface area contributed by atoms with E-state index in [1.165, 1.54) is 24.5 Å². The van der Waals surface area contributed by atoms with Crippen molar-refractivity contribution < 1.29 is 41.4 Å². The molecule has 1 aromatic heterocycles. The van der Waals surface area contributed by atoms with Gasteiger partial charge < -0.3 is 20.5 Å². The summed E-state index contributed by atoms with van der Waals surface area (Å²) in [6, 6.07) is 4.02. The van der Waals surface area contributed by atoms with Crippen molar-refractivity contribution in [3.8, 4) is 17.1 Å². The van der Waals surface area contributed by atoms with E-state index in [2.05, 4.69) is 15.3 Å². The lowest BCUT2D eigenvalue weighted by molar-refractivity contribution is -0.157. The molecule has 0 unspecified atom stereocenters. The standard InChI is InChI=1S/C24H19F5N4O4/c25-16-4-3-15(24(27,28)29)9-19(16)33-21(36)32-18-5-2-13(8-17(18)26)14-10-30-22(31-11-14)37-12-23(20(34)35)6-1-7-23/h2-5,8-11H,1,6-7,12H2,(H,34,35)(H2,32,33,36). The molecule has 0 aliphatic heterocycles. The summed E-state index contributed by atoms with van der Waals surface area (Å²) in [6.45, 7) is -0.0663. The maximum atomic E-state index is 14.6. The first kappa shape index (κ1) is 25.8. The number of carbonyl (C=O) groups excluding carboxylic acids is 1. The van der Waals surface area contributed by atoms with E-state index in [4.69, 9.17) is 4.74 Å². The third-order valence-electron chi connectivity index (χ3n) is 5.96. The van der Waals surface area contributed by atoms with Crippen LogP contribution >= 0.6 is 0 Å². The molecule has 1 heterocycles. The molecule has 3 aromatic rings. The minimum absolute atomic E-state index is 0.0338. The minimum Gasteiger partial charge on any atom is -0.481 e. The van der Waals surface area contributed by atoms with Crippen molar-refractivity contribution in [2.75, 3.05) is 17.2 Å². The van der Waals surface area contributed by atoms with Crippen LogP contribution in [0.2, 0.25) is 0 Å². The second-order valence-corrected chi connectivity index (χ2v) is 8.45. The number of carboxylic acid groups (broad SMARTS) is 1. The predicted molar refractivity (Wildman–Crippen MR) is 121 cm³/mol. The molecule has 8 nitrogen and oxygen atoms in total. The highest BCUT2D eigenvalue weighted by Gasteiger charge is 2.45. The largest absolute Gasteiger partial charge is 0.481 e. The molecule has 37 heavy (non-hydrogen) atoms. The van der Waals surface area contributed by atoms with Gasteiger partial charge in [-0.2, -0.15) is 13.2 Å². The summed E-state index contributed by atoms with van der Waals surface area (Å²) in [5, 5.41) is 13.4. The van der Waals surface area contributed by atoms with Crippen molar-refractivity contribution in [3.63, 3.8) is 0 Å². The number of nitrogens with zero attached hydrogens (tertiary/aromatic N) is 2. The van der Waals surface area contributed by atoms with Gasteiger partial charge >= 0.3 is 24.2 Å². The summed E-state index contributed by atoms with van der Waals surface area (Å²) in [4.78, 5) is 31.6. The number of urea groups is 1. The number of carbonyl (C=O) groups is 2. The van der Waals surface area contributed by atoms with Gasteiger partial charge in [0.1, 0.15) is 23.7 Å². The summed E-state index contributed by atoms with van der Waals surface area (Å²) in [6.07, 6.45) is -0.230. The molecule has 13 heteroatoms. The normalized spacial score (nSPS) is 14.4. The van der Waals surface area contributed by atoms with E-state index in [1.807, 2.05) is 5.32 Å². The smallest absolute Gasteiger partial charge is 0.416 e. The second-order valence-electron chi connectivity index (χ2n) is 8.45. The Morgan fingerprint density at radius 2 is 1.62 bits per heavy atom. The number of nitrogens with one attached hydrogen (secondary N) is 2. The Labute approximate surface area is 206 Å². The highest BCUT2D eigenvalue weighted by molar-refractivity contribution is 6.00. The van der Waals surface area contributed by atoms with E-state index >= 15 is 0 Å². The number of hydrogen-bond donors (Lipinski definition) is 3. The maximum Gasteiger partial charge on any atom is 0.416 e. The molecule has 4 rings (SSSR count). The fourth-order valence-electron chi connectivity index (χ4n) is 3.64. The van der Waals surface area contributed by atoms with Gasteiger partial charge in [-0.15, -0.1) is 0 Å². The SMILES string of the molecule is O=C(Nc1ccc(-c2cnc(OCC3(C(=O)O)CCC3)nc2)cc1F)Nc1cc(C(F)(F)F)ccc1F. The first-order valence-electron chi connectivity index (χ1n) is 10.9. The van der Waals surface area contributed by atoms with E-state index in [-0.39, 0.29) is 18.3 Å². The lowest BCUT2D eigenvalue weighted by Crippen LogP contribution is -2.43. The Kier molecular flexibility index (Phi) is 6.96. The van der Waals surface area contributed by atoms with Crippen molar-refractivity contribution >= 4 is 23.4 Å². The third kappa shape index (κ3) is 5.76. The highest BCUT2D eigenvalue weighted by Crippen LogP contribution is 2.41. The van der Waals surface area contributed by atoms with Gasteiger partial charge in [0.25, 0.3) is 0 Å². The van der Waals surface area contributed by atoms with Crippen LogP contribution in [0.4, 0.5) is 38.1 Å². The van der Waals surface area contributed by atoms with Crippen LogP contribution in [-0.4, -0.2) is 33.7 Å². The van der Waals surface area contributed by atoms with Gasteiger partial charge in [0.15, 0.2) is 0 Å². The molecule has 2 aromatic carbocycles. The van der Waals surface area contributed by atoms with Crippen molar-refractivity contribution in [3.05, 3.63) is 66.0 Å².